The number of allylic oxidation sites excluding steroid dienone is 4. The van der Waals surface area contributed by atoms with Crippen LogP contribution in [0.1, 0.15) is 226 Å². The van der Waals surface area contributed by atoms with Gasteiger partial charge >= 0.3 is 0 Å². The Morgan fingerprint density at radius 2 is 0.717 bits per heavy atom. The van der Waals surface area contributed by atoms with Gasteiger partial charge in [0.25, 0.3) is 0 Å². The van der Waals surface area contributed by atoms with E-state index in [1.165, 1.54) is 167 Å². The molecule has 0 spiro atoms. The average molecular weight is 746 g/mol. The van der Waals surface area contributed by atoms with Crippen molar-refractivity contribution >= 4 is 11.8 Å². The Morgan fingerprint density at radius 1 is 0.415 bits per heavy atom. The largest absolute Gasteiger partial charge is 0.396 e. The van der Waals surface area contributed by atoms with Gasteiger partial charge in [-0.1, -0.05) is 154 Å². The number of carbonyl (C=O) groups excluding carboxylic acids is 2. The van der Waals surface area contributed by atoms with E-state index in [1.54, 1.807) is 0 Å². The number of unbranched alkanes of at least 4 members (excludes halogenated alkanes) is 24. The van der Waals surface area contributed by atoms with Crippen LogP contribution in [0.3, 0.4) is 0 Å². The fourth-order valence-electron chi connectivity index (χ4n) is 6.93. The topological polar surface area (TPSA) is 81.7 Å². The average Bonchev–Trinajstić information content (AvgIpc) is 3.16. The van der Waals surface area contributed by atoms with Crippen LogP contribution in [-0.4, -0.2) is 61.2 Å². The summed E-state index contributed by atoms with van der Waals surface area (Å²) in [5.41, 5.74) is 0. The first-order chi connectivity index (χ1) is 26.1. The van der Waals surface area contributed by atoms with E-state index in [2.05, 4.69) is 53.7 Å². The van der Waals surface area contributed by atoms with Gasteiger partial charge in [0, 0.05) is 39.1 Å². The Hall–Kier alpha value is -1.66. The predicted molar refractivity (Wildman–Crippen MR) is 232 cm³/mol. The molecular formula is C47H91N3O3. The summed E-state index contributed by atoms with van der Waals surface area (Å²) in [7, 11) is 0. The molecular weight excluding hydrogens is 655 g/mol. The third-order valence-corrected chi connectivity index (χ3v) is 10.4. The standard InChI is InChI=1S/C47H91N3O3/c1-3-5-7-9-11-13-15-17-19-21-23-25-27-29-31-33-40-48-46(52)38-35-42-50(44-37-45-51)43-36-39-47(53)49-41-34-32-30-28-26-24-22-20-18-16-14-12-10-8-6-4-2/h17-20,51H,3-16,21-45H2,1-2H3,(H,48,52)(H,49,53)/b19-17-,20-18-. The highest BCUT2D eigenvalue weighted by Gasteiger charge is 2.09. The molecule has 6 heteroatoms. The van der Waals surface area contributed by atoms with Crippen LogP contribution in [0.15, 0.2) is 24.3 Å². The molecule has 0 aromatic heterocycles. The molecule has 6 nitrogen and oxygen atoms in total. The van der Waals surface area contributed by atoms with E-state index in [4.69, 9.17) is 0 Å². The maximum absolute atomic E-state index is 12.4. The zero-order valence-electron chi connectivity index (χ0n) is 35.6. The van der Waals surface area contributed by atoms with Crippen molar-refractivity contribution in [1.82, 2.24) is 15.5 Å². The van der Waals surface area contributed by atoms with E-state index >= 15 is 0 Å². The molecule has 3 N–H and O–H groups in total. The normalized spacial score (nSPS) is 11.8. The van der Waals surface area contributed by atoms with Crippen molar-refractivity contribution in [3.8, 4) is 0 Å². The van der Waals surface area contributed by atoms with Crippen LogP contribution in [-0.2, 0) is 9.59 Å². The summed E-state index contributed by atoms with van der Waals surface area (Å²) in [6.07, 6.45) is 49.2. The minimum Gasteiger partial charge on any atom is -0.396 e. The Labute approximate surface area is 330 Å². The van der Waals surface area contributed by atoms with Crippen LogP contribution >= 0.6 is 0 Å². The fourth-order valence-corrected chi connectivity index (χ4v) is 6.93. The molecule has 0 heterocycles. The van der Waals surface area contributed by atoms with Crippen molar-refractivity contribution in [1.29, 1.82) is 0 Å². The van der Waals surface area contributed by atoms with Gasteiger partial charge < -0.3 is 20.6 Å². The van der Waals surface area contributed by atoms with Gasteiger partial charge in [0.05, 0.1) is 0 Å². The summed E-state index contributed by atoms with van der Waals surface area (Å²) in [6, 6.07) is 0. The first-order valence-electron chi connectivity index (χ1n) is 23.3. The Balaban J connectivity index is 3.67. The van der Waals surface area contributed by atoms with Crippen LogP contribution in [0.2, 0.25) is 0 Å². The number of hydrogen-bond acceptors (Lipinski definition) is 4. The fraction of sp³-hybridized carbons (Fsp3) is 0.872. The van der Waals surface area contributed by atoms with Gasteiger partial charge in [0.15, 0.2) is 0 Å². The Morgan fingerprint density at radius 3 is 1.06 bits per heavy atom. The highest BCUT2D eigenvalue weighted by molar-refractivity contribution is 5.76. The molecule has 0 fully saturated rings. The zero-order valence-corrected chi connectivity index (χ0v) is 35.6. The minimum atomic E-state index is 0.144. The number of aliphatic hydroxyl groups excluding tert-OH is 1. The smallest absolute Gasteiger partial charge is 0.220 e. The van der Waals surface area contributed by atoms with Crippen molar-refractivity contribution < 1.29 is 14.7 Å². The first kappa shape index (κ1) is 51.3. The highest BCUT2D eigenvalue weighted by Crippen LogP contribution is 2.12. The van der Waals surface area contributed by atoms with Crippen molar-refractivity contribution in [2.75, 3.05) is 39.3 Å². The Kier molecular flexibility index (Phi) is 43.3. The van der Waals surface area contributed by atoms with E-state index < -0.39 is 0 Å². The summed E-state index contributed by atoms with van der Waals surface area (Å²) in [5.74, 6) is 0.288. The molecule has 0 aliphatic rings. The SMILES string of the molecule is CCCCCCCC/C=C\CCCCCCCCNC(=O)CCCN(CCCO)CCCC(=O)NCCCCCCCC/C=C\CCCCCCCC. The number of nitrogens with zero attached hydrogens (tertiary/aromatic N) is 1. The number of nitrogens with one attached hydrogen (secondary N) is 2. The second kappa shape index (κ2) is 44.7. The molecule has 0 unspecified atom stereocenters. The zero-order chi connectivity index (χ0) is 38.6. The lowest BCUT2D eigenvalue weighted by atomic mass is 10.1. The molecule has 0 atom stereocenters. The van der Waals surface area contributed by atoms with Crippen molar-refractivity contribution in [3.05, 3.63) is 24.3 Å². The molecule has 0 bridgehead atoms. The molecule has 0 saturated carbocycles. The molecule has 53 heavy (non-hydrogen) atoms. The molecule has 0 rings (SSSR count). The number of aliphatic hydroxyl groups is 1. The van der Waals surface area contributed by atoms with E-state index in [1.807, 2.05) is 0 Å². The third kappa shape index (κ3) is 42.9. The van der Waals surface area contributed by atoms with Crippen LogP contribution in [0.4, 0.5) is 0 Å². The van der Waals surface area contributed by atoms with E-state index in [0.717, 1.165) is 64.8 Å². The lowest BCUT2D eigenvalue weighted by Gasteiger charge is -2.21. The molecule has 312 valence electrons. The van der Waals surface area contributed by atoms with Crippen molar-refractivity contribution in [3.63, 3.8) is 0 Å². The maximum Gasteiger partial charge on any atom is 0.220 e. The van der Waals surface area contributed by atoms with Crippen LogP contribution in [0.25, 0.3) is 0 Å². The molecule has 0 aliphatic carbocycles. The molecule has 0 aromatic carbocycles. The monoisotopic (exact) mass is 746 g/mol. The third-order valence-electron chi connectivity index (χ3n) is 10.4. The van der Waals surface area contributed by atoms with Gasteiger partial charge in [-0.15, -0.1) is 0 Å². The van der Waals surface area contributed by atoms with Gasteiger partial charge in [0.2, 0.25) is 11.8 Å². The molecule has 0 radical (unpaired) electrons. The summed E-state index contributed by atoms with van der Waals surface area (Å²) >= 11 is 0. The van der Waals surface area contributed by atoms with Gasteiger partial charge in [-0.3, -0.25) is 9.59 Å². The molecule has 0 aliphatic heterocycles. The van der Waals surface area contributed by atoms with E-state index in [0.29, 0.717) is 12.8 Å². The highest BCUT2D eigenvalue weighted by atomic mass is 16.3. The molecule has 0 aromatic rings. The summed E-state index contributed by atoms with van der Waals surface area (Å²) in [5, 5.41) is 15.5. The van der Waals surface area contributed by atoms with E-state index in [-0.39, 0.29) is 18.4 Å². The quantitative estimate of drug-likeness (QED) is 0.0429. The van der Waals surface area contributed by atoms with Crippen molar-refractivity contribution in [2.45, 2.75) is 226 Å². The van der Waals surface area contributed by atoms with Gasteiger partial charge in [-0.05, 0) is 96.6 Å². The molecule has 0 saturated heterocycles. The van der Waals surface area contributed by atoms with Gasteiger partial charge in [0.1, 0.15) is 0 Å². The second-order valence-corrected chi connectivity index (χ2v) is 15.7. The van der Waals surface area contributed by atoms with E-state index in [9.17, 15) is 14.7 Å². The molecule has 2 amide bonds. The van der Waals surface area contributed by atoms with Gasteiger partial charge in [-0.2, -0.15) is 0 Å². The summed E-state index contributed by atoms with van der Waals surface area (Å²) in [6.45, 7) is 8.75. The number of carbonyl (C=O) groups is 2. The lowest BCUT2D eigenvalue weighted by molar-refractivity contribution is -0.121. The van der Waals surface area contributed by atoms with Crippen LogP contribution < -0.4 is 10.6 Å². The minimum absolute atomic E-state index is 0.144. The summed E-state index contributed by atoms with van der Waals surface area (Å²) < 4.78 is 0. The van der Waals surface area contributed by atoms with Crippen LogP contribution in [0, 0.1) is 0 Å². The summed E-state index contributed by atoms with van der Waals surface area (Å²) in [4.78, 5) is 27.0. The van der Waals surface area contributed by atoms with Crippen LogP contribution in [0.5, 0.6) is 0 Å². The predicted octanol–water partition coefficient (Wildman–Crippen LogP) is 12.5. The first-order valence-corrected chi connectivity index (χ1v) is 23.3. The van der Waals surface area contributed by atoms with Crippen molar-refractivity contribution in [2.24, 2.45) is 0 Å². The number of amides is 2. The Bertz CT molecular complexity index is 753. The number of rotatable bonds is 43. The second-order valence-electron chi connectivity index (χ2n) is 15.7. The maximum atomic E-state index is 12.4. The lowest BCUT2D eigenvalue weighted by Crippen LogP contribution is -2.31. The van der Waals surface area contributed by atoms with Gasteiger partial charge in [-0.25, -0.2) is 0 Å². The number of hydrogen-bond donors (Lipinski definition) is 3.